The molecule has 15 heavy (non-hydrogen) atoms. The molecule has 3 nitrogen and oxygen atoms in total. The lowest BCUT2D eigenvalue weighted by Gasteiger charge is -2.24. The van der Waals surface area contributed by atoms with Crippen molar-refractivity contribution in [3.05, 3.63) is 15.6 Å². The molecule has 2 aliphatic heterocycles. The fraction of sp³-hybridized carbons (Fsp3) is 0.727. The average Bonchev–Trinajstić information content (AvgIpc) is 2.70. The van der Waals surface area contributed by atoms with Crippen LogP contribution in [0.25, 0.3) is 0 Å². The Hall–Kier alpha value is -0.450. The third-order valence-corrected chi connectivity index (χ3v) is 4.36. The molecular formula is C11H16N2OS. The van der Waals surface area contributed by atoms with Crippen LogP contribution in [-0.4, -0.2) is 24.7 Å². The third-order valence-electron chi connectivity index (χ3n) is 3.21. The number of rotatable bonds is 2. The zero-order valence-electron chi connectivity index (χ0n) is 8.95. The molecule has 1 N–H and O–H groups in total. The maximum atomic E-state index is 5.69. The van der Waals surface area contributed by atoms with E-state index in [9.17, 15) is 0 Å². The Balaban J connectivity index is 1.84. The highest BCUT2D eigenvalue weighted by atomic mass is 32.1. The molecule has 2 saturated heterocycles. The first kappa shape index (κ1) is 9.75. The summed E-state index contributed by atoms with van der Waals surface area (Å²) in [6.07, 6.45) is 2.61. The molecule has 0 spiro atoms. The number of hydrogen-bond donors (Lipinski definition) is 1. The van der Waals surface area contributed by atoms with Crippen LogP contribution in [0.5, 0.6) is 0 Å². The maximum absolute atomic E-state index is 5.69. The Labute approximate surface area is 93.9 Å². The van der Waals surface area contributed by atoms with E-state index in [0.717, 1.165) is 26.1 Å². The first-order chi connectivity index (χ1) is 7.34. The number of nitrogens with zero attached hydrogens (tertiary/aromatic N) is 1. The minimum Gasteiger partial charge on any atom is -0.372 e. The van der Waals surface area contributed by atoms with Crippen LogP contribution >= 0.6 is 11.3 Å². The second-order valence-corrected chi connectivity index (χ2v) is 5.59. The molecule has 0 bridgehead atoms. The van der Waals surface area contributed by atoms with Crippen LogP contribution in [0.1, 0.15) is 40.4 Å². The predicted octanol–water partition coefficient (Wildman–Crippen LogP) is 1.99. The van der Waals surface area contributed by atoms with Crippen LogP contribution in [0.3, 0.4) is 0 Å². The monoisotopic (exact) mass is 224 g/mol. The van der Waals surface area contributed by atoms with E-state index in [1.165, 1.54) is 22.0 Å². The molecule has 0 aromatic carbocycles. The predicted molar refractivity (Wildman–Crippen MR) is 60.4 cm³/mol. The van der Waals surface area contributed by atoms with E-state index in [2.05, 4.69) is 12.2 Å². The summed E-state index contributed by atoms with van der Waals surface area (Å²) in [5, 5.41) is 4.60. The average molecular weight is 224 g/mol. The minimum absolute atomic E-state index is 0.281. The van der Waals surface area contributed by atoms with Crippen molar-refractivity contribution in [1.82, 2.24) is 10.3 Å². The summed E-state index contributed by atoms with van der Waals surface area (Å²) < 4.78 is 5.69. The van der Waals surface area contributed by atoms with E-state index in [0.29, 0.717) is 5.92 Å². The standard InChI is InChI=1S/C11H16N2OS/c1-7-10(9-3-2-4-14-9)13-11(15-7)8-5-12-6-8/h8-9,12H,2-6H2,1H3. The molecule has 1 aromatic heterocycles. The summed E-state index contributed by atoms with van der Waals surface area (Å²) in [6.45, 7) is 5.27. The second kappa shape index (κ2) is 3.85. The van der Waals surface area contributed by atoms with E-state index in [4.69, 9.17) is 9.72 Å². The normalized spacial score (nSPS) is 26.9. The van der Waals surface area contributed by atoms with Gasteiger partial charge >= 0.3 is 0 Å². The van der Waals surface area contributed by atoms with Gasteiger partial charge in [-0.2, -0.15) is 0 Å². The minimum atomic E-state index is 0.281. The SMILES string of the molecule is Cc1sc(C2CNC2)nc1C1CCCO1. The first-order valence-electron chi connectivity index (χ1n) is 5.64. The molecule has 2 fully saturated rings. The van der Waals surface area contributed by atoms with Gasteiger partial charge in [-0.3, -0.25) is 0 Å². The van der Waals surface area contributed by atoms with E-state index in [1.54, 1.807) is 0 Å². The van der Waals surface area contributed by atoms with Gasteiger partial charge in [0.1, 0.15) is 6.10 Å². The molecule has 4 heteroatoms. The molecule has 0 saturated carbocycles. The summed E-state index contributed by atoms with van der Waals surface area (Å²) in [4.78, 5) is 6.12. The van der Waals surface area contributed by atoms with Crippen LogP contribution in [0.2, 0.25) is 0 Å². The molecule has 0 amide bonds. The molecule has 0 aliphatic carbocycles. The number of thiazole rings is 1. The van der Waals surface area contributed by atoms with Gasteiger partial charge in [0.2, 0.25) is 0 Å². The molecule has 2 aliphatic rings. The van der Waals surface area contributed by atoms with Gasteiger partial charge in [-0.1, -0.05) is 0 Å². The molecule has 1 atom stereocenters. The topological polar surface area (TPSA) is 34.2 Å². The van der Waals surface area contributed by atoms with Crippen molar-refractivity contribution in [2.45, 2.75) is 31.8 Å². The van der Waals surface area contributed by atoms with Gasteiger partial charge in [0, 0.05) is 30.5 Å². The molecule has 82 valence electrons. The summed E-state index contributed by atoms with van der Waals surface area (Å²) in [7, 11) is 0. The van der Waals surface area contributed by atoms with Crippen LogP contribution in [-0.2, 0) is 4.74 Å². The van der Waals surface area contributed by atoms with Crippen LogP contribution in [0, 0.1) is 6.92 Å². The zero-order valence-corrected chi connectivity index (χ0v) is 9.77. The van der Waals surface area contributed by atoms with E-state index in [1.807, 2.05) is 11.3 Å². The number of aryl methyl sites for hydroxylation is 1. The van der Waals surface area contributed by atoms with Crippen molar-refractivity contribution in [3.8, 4) is 0 Å². The maximum Gasteiger partial charge on any atom is 0.101 e. The van der Waals surface area contributed by atoms with Gasteiger partial charge in [-0.15, -0.1) is 11.3 Å². The Bertz CT molecular complexity index is 353. The smallest absolute Gasteiger partial charge is 0.101 e. The third kappa shape index (κ3) is 1.71. The van der Waals surface area contributed by atoms with Crippen molar-refractivity contribution < 1.29 is 4.74 Å². The zero-order chi connectivity index (χ0) is 10.3. The van der Waals surface area contributed by atoms with Gasteiger partial charge < -0.3 is 10.1 Å². The molecule has 3 heterocycles. The lowest BCUT2D eigenvalue weighted by Crippen LogP contribution is -2.39. The molecule has 3 rings (SSSR count). The summed E-state index contributed by atoms with van der Waals surface area (Å²) in [5.74, 6) is 0.656. The Morgan fingerprint density at radius 2 is 2.33 bits per heavy atom. The Kier molecular flexibility index (Phi) is 2.50. The first-order valence-corrected chi connectivity index (χ1v) is 6.46. The number of hydrogen-bond acceptors (Lipinski definition) is 4. The van der Waals surface area contributed by atoms with E-state index in [-0.39, 0.29) is 6.10 Å². The molecular weight excluding hydrogens is 208 g/mol. The quantitative estimate of drug-likeness (QED) is 0.834. The summed E-state index contributed by atoms with van der Waals surface area (Å²) >= 11 is 1.85. The van der Waals surface area contributed by atoms with Gasteiger partial charge in [-0.05, 0) is 19.8 Å². The number of nitrogens with one attached hydrogen (secondary N) is 1. The van der Waals surface area contributed by atoms with Crippen LogP contribution < -0.4 is 5.32 Å². The number of aromatic nitrogens is 1. The molecule has 0 radical (unpaired) electrons. The van der Waals surface area contributed by atoms with Crippen molar-refractivity contribution in [2.75, 3.05) is 19.7 Å². The van der Waals surface area contributed by atoms with Gasteiger partial charge in [0.05, 0.1) is 10.7 Å². The fourth-order valence-electron chi connectivity index (χ4n) is 2.16. The van der Waals surface area contributed by atoms with Crippen molar-refractivity contribution >= 4 is 11.3 Å². The number of ether oxygens (including phenoxy) is 1. The van der Waals surface area contributed by atoms with Crippen LogP contribution in [0.4, 0.5) is 0 Å². The highest BCUT2D eigenvalue weighted by Crippen LogP contribution is 2.35. The lowest BCUT2D eigenvalue weighted by atomic mass is 10.1. The Morgan fingerprint density at radius 1 is 1.47 bits per heavy atom. The fourth-order valence-corrected chi connectivity index (χ4v) is 3.23. The lowest BCUT2D eigenvalue weighted by molar-refractivity contribution is 0.108. The van der Waals surface area contributed by atoms with Gasteiger partial charge in [0.15, 0.2) is 0 Å². The Morgan fingerprint density at radius 3 is 2.93 bits per heavy atom. The van der Waals surface area contributed by atoms with Gasteiger partial charge in [-0.25, -0.2) is 4.98 Å². The summed E-state index contributed by atoms with van der Waals surface area (Å²) in [5.41, 5.74) is 1.21. The van der Waals surface area contributed by atoms with Crippen LogP contribution in [0.15, 0.2) is 0 Å². The summed E-state index contributed by atoms with van der Waals surface area (Å²) in [6, 6.07) is 0. The van der Waals surface area contributed by atoms with Crippen molar-refractivity contribution in [2.24, 2.45) is 0 Å². The largest absolute Gasteiger partial charge is 0.372 e. The molecule has 1 unspecified atom stereocenters. The highest BCUT2D eigenvalue weighted by molar-refractivity contribution is 7.11. The molecule has 1 aromatic rings. The van der Waals surface area contributed by atoms with Crippen molar-refractivity contribution in [3.63, 3.8) is 0 Å². The second-order valence-electron chi connectivity index (χ2n) is 4.35. The van der Waals surface area contributed by atoms with Gasteiger partial charge in [0.25, 0.3) is 0 Å². The van der Waals surface area contributed by atoms with E-state index >= 15 is 0 Å². The highest BCUT2D eigenvalue weighted by Gasteiger charge is 2.27. The van der Waals surface area contributed by atoms with Crippen molar-refractivity contribution in [1.29, 1.82) is 0 Å². The van der Waals surface area contributed by atoms with E-state index < -0.39 is 0 Å².